The molecular formula is C36H35N3. The Kier molecular flexibility index (Phi) is 7.79. The van der Waals surface area contributed by atoms with Crippen LogP contribution in [-0.2, 0) is 0 Å². The Hall–Kier alpha value is -4.76. The van der Waals surface area contributed by atoms with Crippen molar-refractivity contribution in [3.63, 3.8) is 0 Å². The fraction of sp³-hybridized carbons (Fsp3) is 0.111. The van der Waals surface area contributed by atoms with E-state index in [0.29, 0.717) is 0 Å². The Morgan fingerprint density at radius 1 is 0.410 bits per heavy atom. The predicted molar refractivity (Wildman–Crippen MR) is 170 cm³/mol. The summed E-state index contributed by atoms with van der Waals surface area (Å²) in [6.07, 6.45) is 2.29. The van der Waals surface area contributed by atoms with Gasteiger partial charge in [-0.25, -0.2) is 0 Å². The van der Waals surface area contributed by atoms with Crippen LogP contribution < -0.4 is 14.7 Å². The molecule has 194 valence electrons. The summed E-state index contributed by atoms with van der Waals surface area (Å²) in [4.78, 5) is 6.54. The summed E-state index contributed by atoms with van der Waals surface area (Å²) in [5.41, 5.74) is 10.5. The standard InChI is InChI=1S/C36H35N3/c1-37(2)31-23-17-29(18-24-31)36(30-19-25-32(26-20-30)38(3)4)27-28-15-21-35(22-16-28)39(33-11-7-5-8-12-33)34-13-9-6-10-14-34/h5-27H,1-4H3. The molecule has 0 aromatic heterocycles. The number of hydrogen-bond acceptors (Lipinski definition) is 3. The SMILES string of the molecule is CN(C)c1ccc(C(=Cc2ccc(N(c3ccccc3)c3ccccc3)cc2)c2ccc(N(C)C)cc2)cc1. The van der Waals surface area contributed by atoms with E-state index in [4.69, 9.17) is 0 Å². The van der Waals surface area contributed by atoms with E-state index in [2.05, 4.69) is 182 Å². The van der Waals surface area contributed by atoms with Gasteiger partial charge in [0.25, 0.3) is 0 Å². The van der Waals surface area contributed by atoms with Crippen LogP contribution in [0.1, 0.15) is 16.7 Å². The Morgan fingerprint density at radius 2 is 0.769 bits per heavy atom. The fourth-order valence-electron chi connectivity index (χ4n) is 4.70. The summed E-state index contributed by atoms with van der Waals surface area (Å²) < 4.78 is 0. The molecule has 0 aliphatic carbocycles. The quantitative estimate of drug-likeness (QED) is 0.193. The molecule has 3 heteroatoms. The Labute approximate surface area is 232 Å². The van der Waals surface area contributed by atoms with E-state index in [9.17, 15) is 0 Å². The molecule has 0 aliphatic rings. The van der Waals surface area contributed by atoms with Crippen LogP contribution in [0, 0.1) is 0 Å². The van der Waals surface area contributed by atoms with Crippen molar-refractivity contribution < 1.29 is 0 Å². The second-order valence-electron chi connectivity index (χ2n) is 10.0. The predicted octanol–water partition coefficient (Wildman–Crippen LogP) is 8.88. The molecule has 39 heavy (non-hydrogen) atoms. The van der Waals surface area contributed by atoms with Crippen LogP contribution in [0.5, 0.6) is 0 Å². The third-order valence-electron chi connectivity index (χ3n) is 6.88. The average molecular weight is 510 g/mol. The van der Waals surface area contributed by atoms with Crippen LogP contribution in [0.2, 0.25) is 0 Å². The minimum Gasteiger partial charge on any atom is -0.378 e. The first kappa shape index (κ1) is 25.9. The van der Waals surface area contributed by atoms with Gasteiger partial charge in [-0.2, -0.15) is 0 Å². The minimum atomic E-state index is 1.12. The van der Waals surface area contributed by atoms with Gasteiger partial charge in [0, 0.05) is 56.6 Å². The first-order valence-electron chi connectivity index (χ1n) is 13.3. The molecule has 0 aliphatic heterocycles. The van der Waals surface area contributed by atoms with Gasteiger partial charge in [0.1, 0.15) is 0 Å². The molecule has 0 fully saturated rings. The summed E-state index contributed by atoms with van der Waals surface area (Å²) >= 11 is 0. The summed E-state index contributed by atoms with van der Waals surface area (Å²) in [5.74, 6) is 0. The molecular weight excluding hydrogens is 474 g/mol. The van der Waals surface area contributed by atoms with Gasteiger partial charge in [-0.05, 0) is 89.0 Å². The van der Waals surface area contributed by atoms with E-state index in [-0.39, 0.29) is 0 Å². The lowest BCUT2D eigenvalue weighted by atomic mass is 9.95. The van der Waals surface area contributed by atoms with E-state index in [1.54, 1.807) is 0 Å². The Bertz CT molecular complexity index is 1410. The molecule has 0 N–H and O–H groups in total. The van der Waals surface area contributed by atoms with Crippen LogP contribution >= 0.6 is 0 Å². The van der Waals surface area contributed by atoms with Crippen molar-refractivity contribution in [3.05, 3.63) is 150 Å². The molecule has 3 nitrogen and oxygen atoms in total. The lowest BCUT2D eigenvalue weighted by Crippen LogP contribution is -2.09. The van der Waals surface area contributed by atoms with E-state index in [0.717, 1.165) is 22.6 Å². The molecule has 0 unspecified atom stereocenters. The number of nitrogens with zero attached hydrogens (tertiary/aromatic N) is 3. The highest BCUT2D eigenvalue weighted by atomic mass is 15.1. The zero-order valence-corrected chi connectivity index (χ0v) is 23.1. The van der Waals surface area contributed by atoms with Gasteiger partial charge in [-0.3, -0.25) is 0 Å². The maximum absolute atomic E-state index is 2.29. The summed E-state index contributed by atoms with van der Waals surface area (Å²) in [6, 6.07) is 47.4. The number of benzene rings is 5. The molecule has 0 heterocycles. The second-order valence-corrected chi connectivity index (χ2v) is 10.0. The molecule has 0 saturated heterocycles. The topological polar surface area (TPSA) is 9.72 Å². The summed E-state index contributed by atoms with van der Waals surface area (Å²) in [7, 11) is 8.28. The Morgan fingerprint density at radius 3 is 1.15 bits per heavy atom. The largest absolute Gasteiger partial charge is 0.378 e. The van der Waals surface area contributed by atoms with Gasteiger partial charge in [0.15, 0.2) is 0 Å². The van der Waals surface area contributed by atoms with Crippen molar-refractivity contribution in [1.29, 1.82) is 0 Å². The highest BCUT2D eigenvalue weighted by Gasteiger charge is 2.12. The van der Waals surface area contributed by atoms with Gasteiger partial charge >= 0.3 is 0 Å². The maximum Gasteiger partial charge on any atom is 0.0462 e. The van der Waals surface area contributed by atoms with Crippen LogP contribution in [0.15, 0.2) is 133 Å². The molecule has 0 radical (unpaired) electrons. The molecule has 0 saturated carbocycles. The first-order valence-corrected chi connectivity index (χ1v) is 13.3. The smallest absolute Gasteiger partial charge is 0.0462 e. The maximum atomic E-state index is 2.29. The van der Waals surface area contributed by atoms with Crippen molar-refractivity contribution in [2.75, 3.05) is 42.9 Å². The highest BCUT2D eigenvalue weighted by Crippen LogP contribution is 2.35. The number of para-hydroxylation sites is 2. The Balaban J connectivity index is 1.54. The van der Waals surface area contributed by atoms with Gasteiger partial charge < -0.3 is 14.7 Å². The fourth-order valence-corrected chi connectivity index (χ4v) is 4.70. The van der Waals surface area contributed by atoms with Gasteiger partial charge in [-0.15, -0.1) is 0 Å². The number of rotatable bonds is 8. The van der Waals surface area contributed by atoms with E-state index in [1.165, 1.54) is 28.1 Å². The molecule has 0 spiro atoms. The lowest BCUT2D eigenvalue weighted by Gasteiger charge is -2.25. The average Bonchev–Trinajstić information content (AvgIpc) is 2.98. The number of hydrogen-bond donors (Lipinski definition) is 0. The molecule has 5 aromatic carbocycles. The van der Waals surface area contributed by atoms with Crippen LogP contribution in [0.3, 0.4) is 0 Å². The lowest BCUT2D eigenvalue weighted by molar-refractivity contribution is 1.13. The van der Waals surface area contributed by atoms with Crippen LogP contribution in [0.25, 0.3) is 11.6 Å². The van der Waals surface area contributed by atoms with Crippen molar-refractivity contribution in [2.24, 2.45) is 0 Å². The normalized spacial score (nSPS) is 10.6. The monoisotopic (exact) mass is 509 g/mol. The van der Waals surface area contributed by atoms with Gasteiger partial charge in [0.05, 0.1) is 0 Å². The van der Waals surface area contributed by atoms with E-state index < -0.39 is 0 Å². The van der Waals surface area contributed by atoms with Crippen molar-refractivity contribution in [1.82, 2.24) is 0 Å². The molecule has 0 amide bonds. The highest BCUT2D eigenvalue weighted by molar-refractivity contribution is 5.92. The van der Waals surface area contributed by atoms with Crippen LogP contribution in [0.4, 0.5) is 28.4 Å². The van der Waals surface area contributed by atoms with E-state index >= 15 is 0 Å². The zero-order chi connectivity index (χ0) is 27.2. The summed E-state index contributed by atoms with van der Waals surface area (Å²) in [5, 5.41) is 0. The van der Waals surface area contributed by atoms with Crippen molar-refractivity contribution in [2.45, 2.75) is 0 Å². The molecule has 0 bridgehead atoms. The second kappa shape index (κ2) is 11.7. The third kappa shape index (κ3) is 6.05. The molecule has 5 aromatic rings. The third-order valence-corrected chi connectivity index (χ3v) is 6.88. The minimum absolute atomic E-state index is 1.12. The van der Waals surface area contributed by atoms with Crippen molar-refractivity contribution >= 4 is 40.1 Å². The number of anilines is 5. The van der Waals surface area contributed by atoms with Gasteiger partial charge in [-0.1, -0.05) is 72.8 Å². The first-order chi connectivity index (χ1) is 19.0. The summed E-state index contributed by atoms with van der Waals surface area (Å²) in [6.45, 7) is 0. The van der Waals surface area contributed by atoms with Crippen LogP contribution in [-0.4, -0.2) is 28.2 Å². The van der Waals surface area contributed by atoms with Gasteiger partial charge in [0.2, 0.25) is 0 Å². The molecule has 0 atom stereocenters. The van der Waals surface area contributed by atoms with Crippen molar-refractivity contribution in [3.8, 4) is 0 Å². The molecule has 5 rings (SSSR count). The van der Waals surface area contributed by atoms with E-state index in [1.807, 2.05) is 0 Å². The zero-order valence-electron chi connectivity index (χ0n) is 23.1.